The number of hydrogen-bond acceptors (Lipinski definition) is 3. The van der Waals surface area contributed by atoms with Crippen LogP contribution in [0.2, 0.25) is 0 Å². The van der Waals surface area contributed by atoms with Crippen LogP contribution < -0.4 is 0 Å². The highest BCUT2D eigenvalue weighted by Crippen LogP contribution is 2.28. The van der Waals surface area contributed by atoms with Crippen LogP contribution in [0, 0.1) is 0 Å². The lowest BCUT2D eigenvalue weighted by atomic mass is 10.3. The summed E-state index contributed by atoms with van der Waals surface area (Å²) in [6.45, 7) is 2.72. The van der Waals surface area contributed by atoms with Gasteiger partial charge in [0.25, 0.3) is 0 Å². The van der Waals surface area contributed by atoms with Gasteiger partial charge in [0.2, 0.25) is 0 Å². The number of pyridine rings is 1. The quantitative estimate of drug-likeness (QED) is 0.642. The molecule has 3 rings (SSSR count). The predicted molar refractivity (Wildman–Crippen MR) is 82.9 cm³/mol. The number of fused-ring (bicyclic) bond motifs is 1. The molecular formula is C13H11BrClN3S. The molecule has 1 atom stereocenters. The molecule has 19 heavy (non-hydrogen) atoms. The highest BCUT2D eigenvalue weighted by Gasteiger charge is 2.15. The molecule has 0 radical (unpaired) electrons. The van der Waals surface area contributed by atoms with E-state index in [1.807, 2.05) is 13.0 Å². The van der Waals surface area contributed by atoms with E-state index in [2.05, 4.69) is 42.6 Å². The molecule has 3 aromatic heterocycles. The van der Waals surface area contributed by atoms with E-state index in [0.717, 1.165) is 27.2 Å². The van der Waals surface area contributed by atoms with Gasteiger partial charge in [-0.15, -0.1) is 22.9 Å². The molecule has 0 bridgehead atoms. The van der Waals surface area contributed by atoms with E-state index < -0.39 is 0 Å². The van der Waals surface area contributed by atoms with Crippen LogP contribution in [0.25, 0.3) is 11.0 Å². The van der Waals surface area contributed by atoms with E-state index in [-0.39, 0.29) is 5.38 Å². The zero-order chi connectivity index (χ0) is 13.4. The summed E-state index contributed by atoms with van der Waals surface area (Å²) >= 11 is 11.5. The third-order valence-electron chi connectivity index (χ3n) is 2.88. The Morgan fingerprint density at radius 3 is 2.95 bits per heavy atom. The number of imidazole rings is 1. The first-order valence-corrected chi connectivity index (χ1v) is 7.88. The lowest BCUT2D eigenvalue weighted by molar-refractivity contribution is 0.750. The molecule has 3 aromatic rings. The number of nitrogens with zero attached hydrogens (tertiary/aromatic N) is 3. The van der Waals surface area contributed by atoms with Gasteiger partial charge in [-0.05, 0) is 41.1 Å². The number of thiophene rings is 1. The average molecular weight is 357 g/mol. The molecule has 0 spiro atoms. The average Bonchev–Trinajstić information content (AvgIpc) is 2.95. The minimum absolute atomic E-state index is 0.129. The summed E-state index contributed by atoms with van der Waals surface area (Å²) < 4.78 is 3.29. The van der Waals surface area contributed by atoms with Gasteiger partial charge < -0.3 is 4.57 Å². The maximum absolute atomic E-state index is 6.24. The van der Waals surface area contributed by atoms with Crippen LogP contribution in [-0.2, 0) is 6.54 Å². The van der Waals surface area contributed by atoms with E-state index in [0.29, 0.717) is 0 Å². The number of aromatic nitrogens is 3. The van der Waals surface area contributed by atoms with E-state index >= 15 is 0 Å². The molecule has 0 aliphatic rings. The molecule has 0 aromatic carbocycles. The molecule has 0 aliphatic heterocycles. The summed E-state index contributed by atoms with van der Waals surface area (Å²) in [6.07, 6.45) is 3.56. The van der Waals surface area contributed by atoms with Gasteiger partial charge in [-0.2, -0.15) is 0 Å². The molecule has 1 unspecified atom stereocenters. The Morgan fingerprint density at radius 2 is 2.26 bits per heavy atom. The van der Waals surface area contributed by atoms with Gasteiger partial charge in [-0.3, -0.25) is 4.98 Å². The van der Waals surface area contributed by atoms with Gasteiger partial charge in [0.15, 0.2) is 0 Å². The molecule has 0 N–H and O–H groups in total. The maximum atomic E-state index is 6.24. The van der Waals surface area contributed by atoms with Gasteiger partial charge in [-0.25, -0.2) is 4.98 Å². The topological polar surface area (TPSA) is 30.7 Å². The van der Waals surface area contributed by atoms with Crippen molar-refractivity contribution in [2.24, 2.45) is 0 Å². The molecule has 0 aliphatic carbocycles. The Balaban J connectivity index is 2.12. The molecular weight excluding hydrogens is 346 g/mol. The van der Waals surface area contributed by atoms with Crippen LogP contribution in [-0.4, -0.2) is 14.5 Å². The fraction of sp³-hybridized carbons (Fsp3) is 0.231. The highest BCUT2D eigenvalue weighted by atomic mass is 79.9. The Morgan fingerprint density at radius 1 is 1.42 bits per heavy atom. The van der Waals surface area contributed by atoms with Crippen LogP contribution in [0.5, 0.6) is 0 Å². The zero-order valence-electron chi connectivity index (χ0n) is 10.2. The smallest absolute Gasteiger partial charge is 0.128 e. The second-order valence-electron chi connectivity index (χ2n) is 4.24. The first-order valence-electron chi connectivity index (χ1n) is 5.83. The third-order valence-corrected chi connectivity index (χ3v) is 4.68. The number of hydrogen-bond donors (Lipinski definition) is 0. The number of rotatable bonds is 3. The van der Waals surface area contributed by atoms with Crippen molar-refractivity contribution < 1.29 is 0 Å². The van der Waals surface area contributed by atoms with Gasteiger partial charge >= 0.3 is 0 Å². The fourth-order valence-corrected chi connectivity index (χ4v) is 3.70. The van der Waals surface area contributed by atoms with Gasteiger partial charge in [0.05, 0.1) is 27.4 Å². The van der Waals surface area contributed by atoms with Crippen LogP contribution in [0.15, 0.2) is 34.4 Å². The molecule has 0 amide bonds. The summed E-state index contributed by atoms with van der Waals surface area (Å²) in [5.41, 5.74) is 1.96. The SMILES string of the molecule is CC(Cl)c1nc2cnccc2n1Cc1ccc(Br)s1. The standard InChI is InChI=1S/C13H11BrClN3S/c1-8(15)13-17-10-6-16-5-4-11(10)18(13)7-9-2-3-12(14)19-9/h2-6,8H,7H2,1H3. The molecule has 6 heteroatoms. The fourth-order valence-electron chi connectivity index (χ4n) is 2.06. The van der Waals surface area contributed by atoms with Gasteiger partial charge in [0.1, 0.15) is 11.3 Å². The van der Waals surface area contributed by atoms with Crippen molar-refractivity contribution in [3.05, 3.63) is 45.1 Å². The van der Waals surface area contributed by atoms with Crippen LogP contribution in [0.3, 0.4) is 0 Å². The first kappa shape index (κ1) is 13.1. The van der Waals surface area contributed by atoms with E-state index in [4.69, 9.17) is 11.6 Å². The minimum Gasteiger partial charge on any atom is -0.321 e. The normalized spacial score (nSPS) is 13.0. The second-order valence-corrected chi connectivity index (χ2v) is 7.44. The Labute approximate surface area is 128 Å². The third kappa shape index (κ3) is 2.55. The monoisotopic (exact) mass is 355 g/mol. The van der Waals surface area contributed by atoms with Gasteiger partial charge in [-0.1, -0.05) is 0 Å². The summed E-state index contributed by atoms with van der Waals surface area (Å²) in [5, 5.41) is -0.129. The van der Waals surface area contributed by atoms with E-state index in [1.165, 1.54) is 4.88 Å². The highest BCUT2D eigenvalue weighted by molar-refractivity contribution is 9.11. The lowest BCUT2D eigenvalue weighted by Gasteiger charge is -2.09. The van der Waals surface area contributed by atoms with Crippen molar-refractivity contribution in [3.63, 3.8) is 0 Å². The summed E-state index contributed by atoms with van der Waals surface area (Å²) in [6, 6.07) is 6.16. The molecule has 0 saturated carbocycles. The zero-order valence-corrected chi connectivity index (χ0v) is 13.3. The van der Waals surface area contributed by atoms with Gasteiger partial charge in [0, 0.05) is 11.1 Å². The van der Waals surface area contributed by atoms with Crippen molar-refractivity contribution in [1.29, 1.82) is 0 Å². The predicted octanol–water partition coefficient (Wildman–Crippen LogP) is 4.60. The maximum Gasteiger partial charge on any atom is 0.128 e. The van der Waals surface area contributed by atoms with Crippen LogP contribution >= 0.6 is 38.9 Å². The van der Waals surface area contributed by atoms with Crippen molar-refractivity contribution >= 4 is 49.9 Å². The minimum atomic E-state index is -0.129. The van der Waals surface area contributed by atoms with Crippen molar-refractivity contribution in [2.45, 2.75) is 18.8 Å². The molecule has 0 saturated heterocycles. The molecule has 3 nitrogen and oxygen atoms in total. The summed E-state index contributed by atoms with van der Waals surface area (Å²) in [5.74, 6) is 0.884. The van der Waals surface area contributed by atoms with Crippen molar-refractivity contribution in [1.82, 2.24) is 14.5 Å². The Hall–Kier alpha value is -0.910. The molecule has 98 valence electrons. The largest absolute Gasteiger partial charge is 0.321 e. The molecule has 3 heterocycles. The van der Waals surface area contributed by atoms with Crippen LogP contribution in [0.4, 0.5) is 0 Å². The van der Waals surface area contributed by atoms with E-state index in [9.17, 15) is 0 Å². The molecule has 0 fully saturated rings. The lowest BCUT2D eigenvalue weighted by Crippen LogP contribution is -2.04. The number of halogens is 2. The van der Waals surface area contributed by atoms with E-state index in [1.54, 1.807) is 23.7 Å². The van der Waals surface area contributed by atoms with Crippen LogP contribution in [0.1, 0.15) is 23.0 Å². The van der Waals surface area contributed by atoms with Crippen molar-refractivity contribution in [3.8, 4) is 0 Å². The first-order chi connectivity index (χ1) is 9.15. The van der Waals surface area contributed by atoms with Crippen molar-refractivity contribution in [2.75, 3.05) is 0 Å². The Kier molecular flexibility index (Phi) is 3.60. The Bertz CT molecular complexity index is 720. The second kappa shape index (κ2) is 5.23. The summed E-state index contributed by atoms with van der Waals surface area (Å²) in [7, 11) is 0. The number of alkyl halides is 1. The summed E-state index contributed by atoms with van der Waals surface area (Å²) in [4.78, 5) is 9.96.